The van der Waals surface area contributed by atoms with E-state index in [0.717, 1.165) is 33.2 Å². The summed E-state index contributed by atoms with van der Waals surface area (Å²) >= 11 is 0. The number of furan rings is 1. The summed E-state index contributed by atoms with van der Waals surface area (Å²) in [6, 6.07) is 82.4. The van der Waals surface area contributed by atoms with Crippen LogP contribution in [0.4, 0.5) is 0 Å². The summed E-state index contributed by atoms with van der Waals surface area (Å²) < 4.78 is 8.99. The van der Waals surface area contributed by atoms with Gasteiger partial charge >= 0.3 is 0 Å². The molecule has 0 atom stereocenters. The molecule has 0 unspecified atom stereocenters. The Labute approximate surface area is 368 Å². The number of rotatable bonds is 4. The van der Waals surface area contributed by atoms with Gasteiger partial charge in [0.15, 0.2) is 0 Å². The van der Waals surface area contributed by atoms with Crippen LogP contribution >= 0.6 is 0 Å². The Bertz CT molecular complexity index is 4240. The Balaban J connectivity index is 1.03. The van der Waals surface area contributed by atoms with Crippen molar-refractivity contribution in [2.24, 2.45) is 0 Å². The summed E-state index contributed by atoms with van der Waals surface area (Å²) in [7, 11) is 0. The molecule has 14 rings (SSSR count). The van der Waals surface area contributed by atoms with Gasteiger partial charge in [-0.1, -0.05) is 176 Å². The summed E-state index contributed by atoms with van der Waals surface area (Å²) in [5, 5.41) is 17.3. The highest BCUT2D eigenvalue weighted by Gasteiger charge is 2.21. The van der Waals surface area contributed by atoms with Gasteiger partial charge in [-0.15, -0.1) is 0 Å². The molecular formula is C62H37NO. The molecule has 0 saturated carbocycles. The first-order chi connectivity index (χ1) is 31.7. The fraction of sp³-hybridized carbons (Fsp3) is 0. The number of fused-ring (bicyclic) bond motifs is 16. The molecule has 12 aromatic carbocycles. The molecule has 0 spiro atoms. The van der Waals surface area contributed by atoms with E-state index in [-0.39, 0.29) is 0 Å². The lowest BCUT2D eigenvalue weighted by atomic mass is 9.90. The van der Waals surface area contributed by atoms with Gasteiger partial charge in [0, 0.05) is 32.6 Å². The molecule has 2 nitrogen and oxygen atoms in total. The van der Waals surface area contributed by atoms with Crippen LogP contribution in [0.5, 0.6) is 0 Å². The number of hydrogen-bond donors (Lipinski definition) is 0. The van der Waals surface area contributed by atoms with Crippen molar-refractivity contribution in [3.05, 3.63) is 224 Å². The van der Waals surface area contributed by atoms with Crippen molar-refractivity contribution in [1.29, 1.82) is 0 Å². The standard InChI is InChI=1S/C62H37NO/c1-2-12-38(13-3-1)41-17-10-18-45(34-41)63-57-31-25-40-15-5-7-20-48(40)60(57)53-30-29-51-49-21-8-9-22-50(49)54-35-42(24-28-52(54)61(51)62(53)63)43-26-32-58-55(36-43)56-37-44(27-33-59(56)64-58)47-23-11-16-39-14-4-6-19-46(39)47/h1-37H. The van der Waals surface area contributed by atoms with Gasteiger partial charge in [-0.05, 0) is 130 Å². The molecule has 0 saturated heterocycles. The maximum Gasteiger partial charge on any atom is 0.135 e. The van der Waals surface area contributed by atoms with Gasteiger partial charge < -0.3 is 8.98 Å². The molecule has 14 aromatic rings. The van der Waals surface area contributed by atoms with Crippen molar-refractivity contribution in [3.8, 4) is 39.1 Å². The lowest BCUT2D eigenvalue weighted by molar-refractivity contribution is 0.669. The van der Waals surface area contributed by atoms with Crippen LogP contribution in [0, 0.1) is 0 Å². The van der Waals surface area contributed by atoms with Crippen LogP contribution in [0.25, 0.3) is 137 Å². The van der Waals surface area contributed by atoms with Crippen molar-refractivity contribution < 1.29 is 4.42 Å². The van der Waals surface area contributed by atoms with Crippen LogP contribution in [0.15, 0.2) is 229 Å². The van der Waals surface area contributed by atoms with Crippen molar-refractivity contribution in [3.63, 3.8) is 0 Å². The molecule has 2 heterocycles. The van der Waals surface area contributed by atoms with Crippen molar-refractivity contribution in [1.82, 2.24) is 4.57 Å². The zero-order valence-electron chi connectivity index (χ0n) is 34.7. The van der Waals surface area contributed by atoms with E-state index >= 15 is 0 Å². The predicted molar refractivity (Wildman–Crippen MR) is 272 cm³/mol. The fourth-order valence-corrected chi connectivity index (χ4v) is 10.8. The molecule has 0 N–H and O–H groups in total. The van der Waals surface area contributed by atoms with E-state index in [4.69, 9.17) is 4.42 Å². The van der Waals surface area contributed by atoms with Gasteiger partial charge in [0.1, 0.15) is 11.2 Å². The van der Waals surface area contributed by atoms with Crippen LogP contribution in [0.2, 0.25) is 0 Å². The third kappa shape index (κ3) is 5.14. The van der Waals surface area contributed by atoms with E-state index in [2.05, 4.69) is 229 Å². The number of nitrogens with zero attached hydrogens (tertiary/aromatic N) is 1. The van der Waals surface area contributed by atoms with Crippen molar-refractivity contribution >= 4 is 97.6 Å². The molecule has 0 aliphatic carbocycles. The van der Waals surface area contributed by atoms with E-state index in [1.807, 2.05) is 0 Å². The third-order valence-corrected chi connectivity index (χ3v) is 13.7. The van der Waals surface area contributed by atoms with E-state index < -0.39 is 0 Å². The van der Waals surface area contributed by atoms with E-state index in [9.17, 15) is 0 Å². The molecule has 0 amide bonds. The first-order valence-electron chi connectivity index (χ1n) is 22.1. The van der Waals surface area contributed by atoms with Gasteiger partial charge in [-0.2, -0.15) is 0 Å². The minimum atomic E-state index is 0.894. The Hall–Kier alpha value is -8.46. The van der Waals surface area contributed by atoms with Gasteiger partial charge in [-0.25, -0.2) is 0 Å². The molecule has 0 radical (unpaired) electrons. The summed E-state index contributed by atoms with van der Waals surface area (Å²) in [6.07, 6.45) is 0. The quantitative estimate of drug-likeness (QED) is 0.162. The monoisotopic (exact) mass is 811 g/mol. The van der Waals surface area contributed by atoms with Crippen LogP contribution in [-0.2, 0) is 0 Å². The number of aromatic nitrogens is 1. The Morgan fingerprint density at radius 2 is 0.828 bits per heavy atom. The first kappa shape index (κ1) is 35.2. The largest absolute Gasteiger partial charge is 0.456 e. The highest BCUT2D eigenvalue weighted by atomic mass is 16.3. The molecule has 64 heavy (non-hydrogen) atoms. The number of hydrogen-bond acceptors (Lipinski definition) is 1. The second-order valence-corrected chi connectivity index (χ2v) is 17.2. The zero-order chi connectivity index (χ0) is 41.9. The molecular weight excluding hydrogens is 775 g/mol. The topological polar surface area (TPSA) is 18.1 Å². The summed E-state index contributed by atoms with van der Waals surface area (Å²) in [6.45, 7) is 0. The maximum atomic E-state index is 6.47. The van der Waals surface area contributed by atoms with Crippen LogP contribution in [-0.4, -0.2) is 4.57 Å². The van der Waals surface area contributed by atoms with Gasteiger partial charge in [0.25, 0.3) is 0 Å². The smallest absolute Gasteiger partial charge is 0.135 e. The summed E-state index contributed by atoms with van der Waals surface area (Å²) in [5.41, 5.74) is 12.5. The highest BCUT2D eigenvalue weighted by Crippen LogP contribution is 2.46. The summed E-state index contributed by atoms with van der Waals surface area (Å²) in [5.74, 6) is 0. The first-order valence-corrected chi connectivity index (χ1v) is 22.1. The van der Waals surface area contributed by atoms with E-state index in [1.54, 1.807) is 0 Å². The predicted octanol–water partition coefficient (Wildman–Crippen LogP) is 17.5. The SMILES string of the molecule is c1ccc(-c2cccc(-n3c4ccc5ccccc5c4c4ccc5c6ccccc6c6cc(-c7ccc8oc9ccc(-c%10cccc%11ccccc%10%11)cc9c8c7)ccc6c5c43)c2)cc1. The minimum absolute atomic E-state index is 0.894. The lowest BCUT2D eigenvalue weighted by Crippen LogP contribution is -1.96. The van der Waals surface area contributed by atoms with Gasteiger partial charge in [0.05, 0.1) is 11.0 Å². The van der Waals surface area contributed by atoms with E-state index in [1.165, 1.54) is 103 Å². The fourth-order valence-electron chi connectivity index (χ4n) is 10.8. The van der Waals surface area contributed by atoms with Crippen molar-refractivity contribution in [2.45, 2.75) is 0 Å². The molecule has 0 aliphatic heterocycles. The average Bonchev–Trinajstić information content (AvgIpc) is 3.91. The lowest BCUT2D eigenvalue weighted by Gasteiger charge is -2.16. The molecule has 0 bridgehead atoms. The summed E-state index contributed by atoms with van der Waals surface area (Å²) in [4.78, 5) is 0. The highest BCUT2D eigenvalue weighted by molar-refractivity contribution is 6.35. The normalized spacial score (nSPS) is 12.1. The zero-order valence-corrected chi connectivity index (χ0v) is 34.7. The van der Waals surface area contributed by atoms with E-state index in [0.29, 0.717) is 0 Å². The molecule has 296 valence electrons. The Kier molecular flexibility index (Phi) is 7.43. The van der Waals surface area contributed by atoms with Gasteiger partial charge in [0.2, 0.25) is 0 Å². The third-order valence-electron chi connectivity index (χ3n) is 13.7. The minimum Gasteiger partial charge on any atom is -0.456 e. The molecule has 0 fully saturated rings. The van der Waals surface area contributed by atoms with Crippen LogP contribution in [0.1, 0.15) is 0 Å². The second-order valence-electron chi connectivity index (χ2n) is 17.2. The second kappa shape index (κ2) is 13.5. The van der Waals surface area contributed by atoms with Crippen molar-refractivity contribution in [2.75, 3.05) is 0 Å². The Morgan fingerprint density at radius 3 is 1.64 bits per heavy atom. The Morgan fingerprint density at radius 1 is 0.281 bits per heavy atom. The van der Waals surface area contributed by atoms with Crippen LogP contribution < -0.4 is 0 Å². The molecule has 2 aromatic heterocycles. The molecule has 2 heteroatoms. The maximum absolute atomic E-state index is 6.47. The average molecular weight is 812 g/mol. The van der Waals surface area contributed by atoms with Gasteiger partial charge in [-0.3, -0.25) is 0 Å². The number of benzene rings is 12. The molecule has 0 aliphatic rings. The van der Waals surface area contributed by atoms with Crippen LogP contribution in [0.3, 0.4) is 0 Å².